The number of hydrogen-bond donors (Lipinski definition) is 1. The molecule has 1 aliphatic heterocycles. The predicted octanol–water partition coefficient (Wildman–Crippen LogP) is 3.75. The van der Waals surface area contributed by atoms with E-state index in [0.29, 0.717) is 5.75 Å². The first-order valence-electron chi connectivity index (χ1n) is 7.10. The van der Waals surface area contributed by atoms with E-state index in [4.69, 9.17) is 0 Å². The third-order valence-electron chi connectivity index (χ3n) is 4.15. The van der Waals surface area contributed by atoms with E-state index in [-0.39, 0.29) is 0 Å². The molecule has 3 heteroatoms. The van der Waals surface area contributed by atoms with Gasteiger partial charge in [-0.1, -0.05) is 24.3 Å². The normalized spacial score (nSPS) is 14.4. The van der Waals surface area contributed by atoms with Crippen LogP contribution < -0.4 is 0 Å². The summed E-state index contributed by atoms with van der Waals surface area (Å²) in [5, 5.41) is 16.5. The Bertz CT molecular complexity index is 789. The molecule has 1 N–H and O–H groups in total. The molecule has 0 saturated heterocycles. The number of fused-ring (bicyclic) bond motifs is 2. The van der Waals surface area contributed by atoms with Crippen LogP contribution in [0.15, 0.2) is 42.6 Å². The molecule has 0 fully saturated rings. The number of hydrogen-bond acceptors (Lipinski definition) is 2. The molecule has 2 aromatic carbocycles. The fourth-order valence-electron chi connectivity index (χ4n) is 3.09. The van der Waals surface area contributed by atoms with E-state index in [1.807, 2.05) is 18.3 Å². The zero-order chi connectivity index (χ0) is 13.5. The fourth-order valence-corrected chi connectivity index (χ4v) is 3.09. The number of aromatic nitrogens is 2. The summed E-state index contributed by atoms with van der Waals surface area (Å²) in [4.78, 5) is 0. The molecule has 20 heavy (non-hydrogen) atoms. The molecule has 3 nitrogen and oxygen atoms in total. The van der Waals surface area contributed by atoms with Crippen molar-refractivity contribution in [2.24, 2.45) is 0 Å². The number of aromatic hydroxyl groups is 1. The van der Waals surface area contributed by atoms with E-state index >= 15 is 0 Å². The molecule has 0 bridgehead atoms. The van der Waals surface area contributed by atoms with Crippen molar-refractivity contribution in [3.8, 4) is 16.9 Å². The van der Waals surface area contributed by atoms with Crippen molar-refractivity contribution in [3.63, 3.8) is 0 Å². The van der Waals surface area contributed by atoms with Gasteiger partial charge in [-0.2, -0.15) is 5.10 Å². The number of nitrogens with zero attached hydrogens (tertiary/aromatic N) is 2. The summed E-state index contributed by atoms with van der Waals surface area (Å²) in [6.45, 7) is 1.02. The van der Waals surface area contributed by atoms with Crippen LogP contribution in [0, 0.1) is 0 Å². The highest BCUT2D eigenvalue weighted by molar-refractivity contribution is 5.92. The standard InChI is InChI=1S/C17H16N2O/c20-17-6-3-4-12-7-8-13(10-14(12)17)15-11-18-19-9-2-1-5-16(15)19/h3-4,6-8,10-11,20H,1-2,5,9H2. The summed E-state index contributed by atoms with van der Waals surface area (Å²) in [5.41, 5.74) is 3.67. The van der Waals surface area contributed by atoms with Gasteiger partial charge in [0.2, 0.25) is 0 Å². The Kier molecular flexibility index (Phi) is 2.52. The van der Waals surface area contributed by atoms with E-state index in [1.165, 1.54) is 24.1 Å². The lowest BCUT2D eigenvalue weighted by molar-refractivity contribution is 0.481. The minimum absolute atomic E-state index is 0.338. The lowest BCUT2D eigenvalue weighted by atomic mass is 9.98. The van der Waals surface area contributed by atoms with Crippen LogP contribution in [0.4, 0.5) is 0 Å². The van der Waals surface area contributed by atoms with Gasteiger partial charge in [0.25, 0.3) is 0 Å². The molecule has 0 spiro atoms. The Morgan fingerprint density at radius 2 is 2.05 bits per heavy atom. The Balaban J connectivity index is 1.90. The van der Waals surface area contributed by atoms with Gasteiger partial charge in [-0.3, -0.25) is 4.68 Å². The van der Waals surface area contributed by atoms with Gasteiger partial charge in [-0.25, -0.2) is 0 Å². The summed E-state index contributed by atoms with van der Waals surface area (Å²) >= 11 is 0. The van der Waals surface area contributed by atoms with Crippen LogP contribution in [-0.4, -0.2) is 14.9 Å². The maximum absolute atomic E-state index is 10.0. The van der Waals surface area contributed by atoms with Crippen LogP contribution in [-0.2, 0) is 13.0 Å². The summed E-state index contributed by atoms with van der Waals surface area (Å²) < 4.78 is 2.12. The first kappa shape index (κ1) is 11.5. The summed E-state index contributed by atoms with van der Waals surface area (Å²) in [5.74, 6) is 0.338. The molecule has 3 aromatic rings. The maximum atomic E-state index is 10.0. The summed E-state index contributed by atoms with van der Waals surface area (Å²) in [7, 11) is 0. The highest BCUT2D eigenvalue weighted by Gasteiger charge is 2.16. The monoisotopic (exact) mass is 264 g/mol. The summed E-state index contributed by atoms with van der Waals surface area (Å²) in [6.07, 6.45) is 5.50. The molecule has 0 saturated carbocycles. The molecule has 0 atom stereocenters. The topological polar surface area (TPSA) is 38.1 Å². The van der Waals surface area contributed by atoms with Crippen molar-refractivity contribution < 1.29 is 5.11 Å². The predicted molar refractivity (Wildman–Crippen MR) is 79.8 cm³/mol. The van der Waals surface area contributed by atoms with Crippen molar-refractivity contribution in [3.05, 3.63) is 48.3 Å². The average molecular weight is 264 g/mol. The number of phenols is 1. The molecule has 0 aliphatic carbocycles. The third-order valence-corrected chi connectivity index (χ3v) is 4.15. The molecule has 1 aliphatic rings. The van der Waals surface area contributed by atoms with Crippen LogP contribution in [0.25, 0.3) is 21.9 Å². The minimum Gasteiger partial charge on any atom is -0.507 e. The average Bonchev–Trinajstić information content (AvgIpc) is 2.91. The number of rotatable bonds is 1. The quantitative estimate of drug-likeness (QED) is 0.727. The van der Waals surface area contributed by atoms with E-state index in [2.05, 4.69) is 28.0 Å². The number of benzene rings is 2. The van der Waals surface area contributed by atoms with E-state index in [9.17, 15) is 5.11 Å². The van der Waals surface area contributed by atoms with Gasteiger partial charge in [-0.15, -0.1) is 0 Å². The van der Waals surface area contributed by atoms with Gasteiger partial charge in [0.1, 0.15) is 5.75 Å². The van der Waals surface area contributed by atoms with Gasteiger partial charge in [0.05, 0.1) is 6.20 Å². The molecule has 0 unspecified atom stereocenters. The zero-order valence-corrected chi connectivity index (χ0v) is 11.2. The zero-order valence-electron chi connectivity index (χ0n) is 11.2. The largest absolute Gasteiger partial charge is 0.507 e. The van der Waals surface area contributed by atoms with Crippen molar-refractivity contribution in [2.75, 3.05) is 0 Å². The van der Waals surface area contributed by atoms with E-state index < -0.39 is 0 Å². The second-order valence-corrected chi connectivity index (χ2v) is 5.40. The smallest absolute Gasteiger partial charge is 0.123 e. The van der Waals surface area contributed by atoms with Crippen molar-refractivity contribution in [2.45, 2.75) is 25.8 Å². The number of aryl methyl sites for hydroxylation is 1. The van der Waals surface area contributed by atoms with Crippen molar-refractivity contribution in [1.29, 1.82) is 0 Å². The summed E-state index contributed by atoms with van der Waals surface area (Å²) in [6, 6.07) is 11.9. The van der Waals surface area contributed by atoms with Crippen molar-refractivity contribution >= 4 is 10.8 Å². The molecule has 4 rings (SSSR count). The molecule has 0 radical (unpaired) electrons. The first-order valence-corrected chi connectivity index (χ1v) is 7.10. The number of phenolic OH excluding ortho intramolecular Hbond substituents is 1. The van der Waals surface area contributed by atoms with Gasteiger partial charge in [0, 0.05) is 23.2 Å². The SMILES string of the molecule is Oc1cccc2ccc(-c3cnn4c3CCCC4)cc12. The minimum atomic E-state index is 0.338. The van der Waals surface area contributed by atoms with Crippen LogP contribution in [0.5, 0.6) is 5.75 Å². The second-order valence-electron chi connectivity index (χ2n) is 5.40. The Morgan fingerprint density at radius 1 is 1.10 bits per heavy atom. The highest BCUT2D eigenvalue weighted by atomic mass is 16.3. The highest BCUT2D eigenvalue weighted by Crippen LogP contribution is 2.32. The van der Waals surface area contributed by atoms with Gasteiger partial charge in [0.15, 0.2) is 0 Å². The molecule has 1 aromatic heterocycles. The first-order chi connectivity index (χ1) is 9.83. The Labute approximate surface area is 117 Å². The van der Waals surface area contributed by atoms with Gasteiger partial charge >= 0.3 is 0 Å². The van der Waals surface area contributed by atoms with E-state index in [0.717, 1.165) is 29.3 Å². The Hall–Kier alpha value is -2.29. The van der Waals surface area contributed by atoms with Crippen LogP contribution >= 0.6 is 0 Å². The molecule has 100 valence electrons. The maximum Gasteiger partial charge on any atom is 0.123 e. The van der Waals surface area contributed by atoms with Crippen LogP contribution in [0.1, 0.15) is 18.5 Å². The fraction of sp³-hybridized carbons (Fsp3) is 0.235. The van der Waals surface area contributed by atoms with Crippen molar-refractivity contribution in [1.82, 2.24) is 9.78 Å². The van der Waals surface area contributed by atoms with E-state index in [1.54, 1.807) is 6.07 Å². The Morgan fingerprint density at radius 3 is 3.00 bits per heavy atom. The molecular formula is C17H16N2O. The lowest BCUT2D eigenvalue weighted by Gasteiger charge is -2.15. The molecular weight excluding hydrogens is 248 g/mol. The van der Waals surface area contributed by atoms with Gasteiger partial charge in [-0.05, 0) is 42.3 Å². The molecule has 0 amide bonds. The third kappa shape index (κ3) is 1.70. The second kappa shape index (κ2) is 4.37. The van der Waals surface area contributed by atoms with Gasteiger partial charge < -0.3 is 5.11 Å². The van der Waals surface area contributed by atoms with Crippen LogP contribution in [0.3, 0.4) is 0 Å². The lowest BCUT2D eigenvalue weighted by Crippen LogP contribution is -2.11. The molecule has 2 heterocycles. The van der Waals surface area contributed by atoms with Crippen LogP contribution in [0.2, 0.25) is 0 Å².